The van der Waals surface area contributed by atoms with Gasteiger partial charge in [0.15, 0.2) is 0 Å². The van der Waals surface area contributed by atoms with E-state index in [1.54, 1.807) is 0 Å². The Labute approximate surface area is 121 Å². The molecule has 0 aliphatic rings. The Hall–Kier alpha value is -1.96. The number of unbranched alkanes of at least 4 members (excludes halogenated alkanes) is 1. The van der Waals surface area contributed by atoms with Gasteiger partial charge in [0.2, 0.25) is 0 Å². The third kappa shape index (κ3) is 4.61. The Bertz CT molecular complexity index is 493. The highest BCUT2D eigenvalue weighted by Crippen LogP contribution is 2.23. The smallest absolute Gasteiger partial charge is 0.127 e. The van der Waals surface area contributed by atoms with Crippen LogP contribution in [0.2, 0.25) is 0 Å². The number of benzene rings is 2. The molecule has 2 aromatic rings. The zero-order chi connectivity index (χ0) is 14.2. The minimum absolute atomic E-state index is 0.510. The van der Waals surface area contributed by atoms with Crippen LogP contribution >= 0.6 is 0 Å². The molecule has 0 aromatic heterocycles. The van der Waals surface area contributed by atoms with E-state index in [1.807, 2.05) is 42.5 Å². The summed E-state index contributed by atoms with van der Waals surface area (Å²) in [7, 11) is 0. The van der Waals surface area contributed by atoms with Crippen LogP contribution in [-0.4, -0.2) is 6.04 Å². The van der Waals surface area contributed by atoms with Gasteiger partial charge in [-0.1, -0.05) is 38.0 Å². The molecule has 0 spiro atoms. The quantitative estimate of drug-likeness (QED) is 0.719. The summed E-state index contributed by atoms with van der Waals surface area (Å²) in [6.07, 6.45) is 3.72. The highest BCUT2D eigenvalue weighted by Gasteiger charge is 2.02. The van der Waals surface area contributed by atoms with Crippen LogP contribution in [0.25, 0.3) is 0 Å². The third-order valence-electron chi connectivity index (χ3n) is 3.24. The third-order valence-corrected chi connectivity index (χ3v) is 3.24. The van der Waals surface area contributed by atoms with Gasteiger partial charge >= 0.3 is 0 Å². The molecule has 106 valence electrons. The molecule has 1 N–H and O–H groups in total. The summed E-state index contributed by atoms with van der Waals surface area (Å²) in [5.41, 5.74) is 1.15. The van der Waals surface area contributed by atoms with Gasteiger partial charge in [-0.2, -0.15) is 0 Å². The number of hydrogen-bond acceptors (Lipinski definition) is 2. The molecular weight excluding hydrogens is 246 g/mol. The fourth-order valence-corrected chi connectivity index (χ4v) is 2.11. The van der Waals surface area contributed by atoms with E-state index < -0.39 is 0 Å². The molecule has 1 unspecified atom stereocenters. The zero-order valence-corrected chi connectivity index (χ0v) is 12.3. The van der Waals surface area contributed by atoms with Gasteiger partial charge in [-0.3, -0.25) is 0 Å². The Morgan fingerprint density at radius 1 is 0.950 bits per heavy atom. The largest absolute Gasteiger partial charge is 0.457 e. The first kappa shape index (κ1) is 14.4. The van der Waals surface area contributed by atoms with E-state index in [2.05, 4.69) is 31.3 Å². The highest BCUT2D eigenvalue weighted by atomic mass is 16.5. The Morgan fingerprint density at radius 3 is 2.25 bits per heavy atom. The predicted octanol–water partition coefficient (Wildman–Crippen LogP) is 5.47. The van der Waals surface area contributed by atoms with Crippen molar-refractivity contribution >= 4 is 5.69 Å². The number of rotatable bonds is 7. The summed E-state index contributed by atoms with van der Waals surface area (Å²) in [4.78, 5) is 0. The molecule has 0 amide bonds. The van der Waals surface area contributed by atoms with Crippen LogP contribution in [0.5, 0.6) is 11.5 Å². The average molecular weight is 269 g/mol. The number of para-hydroxylation sites is 1. The number of ether oxygens (including phenoxy) is 1. The molecule has 0 radical (unpaired) electrons. The minimum Gasteiger partial charge on any atom is -0.457 e. The number of nitrogens with one attached hydrogen (secondary N) is 1. The molecule has 2 rings (SSSR count). The van der Waals surface area contributed by atoms with Crippen LogP contribution in [0.1, 0.15) is 33.1 Å². The molecule has 20 heavy (non-hydrogen) atoms. The van der Waals surface area contributed by atoms with Crippen LogP contribution < -0.4 is 10.1 Å². The maximum absolute atomic E-state index is 5.78. The van der Waals surface area contributed by atoms with Crippen LogP contribution in [0.3, 0.4) is 0 Å². The summed E-state index contributed by atoms with van der Waals surface area (Å²) >= 11 is 0. The maximum Gasteiger partial charge on any atom is 0.127 e. The molecule has 0 saturated carbocycles. The van der Waals surface area contributed by atoms with E-state index in [-0.39, 0.29) is 0 Å². The molecule has 2 heteroatoms. The van der Waals surface area contributed by atoms with Crippen molar-refractivity contribution in [2.75, 3.05) is 5.32 Å². The van der Waals surface area contributed by atoms with Crippen LogP contribution in [0.4, 0.5) is 5.69 Å². The average Bonchev–Trinajstić information content (AvgIpc) is 2.48. The standard InChI is InChI=1S/C18H23NO/c1-3-4-8-15(2)19-16-11-13-18(14-12-16)20-17-9-6-5-7-10-17/h5-7,9-15,19H,3-4,8H2,1-2H3. The fraction of sp³-hybridized carbons (Fsp3) is 0.333. The Kier molecular flexibility index (Phi) is 5.48. The zero-order valence-electron chi connectivity index (χ0n) is 12.3. The molecule has 0 aliphatic heterocycles. The molecule has 2 nitrogen and oxygen atoms in total. The van der Waals surface area contributed by atoms with E-state index >= 15 is 0 Å². The second-order valence-corrected chi connectivity index (χ2v) is 5.13. The number of anilines is 1. The molecule has 0 fully saturated rings. The molecular formula is C18H23NO. The van der Waals surface area contributed by atoms with Crippen molar-refractivity contribution < 1.29 is 4.74 Å². The molecule has 0 saturated heterocycles. The van der Waals surface area contributed by atoms with Gasteiger partial charge in [0.1, 0.15) is 11.5 Å². The van der Waals surface area contributed by atoms with E-state index in [1.165, 1.54) is 19.3 Å². The van der Waals surface area contributed by atoms with Gasteiger partial charge < -0.3 is 10.1 Å². The second-order valence-electron chi connectivity index (χ2n) is 5.13. The van der Waals surface area contributed by atoms with Gasteiger partial charge in [0.05, 0.1) is 0 Å². The van der Waals surface area contributed by atoms with Crippen molar-refractivity contribution in [3.8, 4) is 11.5 Å². The highest BCUT2D eigenvalue weighted by molar-refractivity contribution is 5.47. The first-order valence-electron chi connectivity index (χ1n) is 7.37. The topological polar surface area (TPSA) is 21.3 Å². The van der Waals surface area contributed by atoms with E-state index in [4.69, 9.17) is 4.74 Å². The van der Waals surface area contributed by atoms with Gasteiger partial charge in [0, 0.05) is 11.7 Å². The lowest BCUT2D eigenvalue weighted by Crippen LogP contribution is -2.14. The van der Waals surface area contributed by atoms with Crippen molar-refractivity contribution in [1.82, 2.24) is 0 Å². The Morgan fingerprint density at radius 2 is 1.60 bits per heavy atom. The number of hydrogen-bond donors (Lipinski definition) is 1. The van der Waals surface area contributed by atoms with E-state index in [0.29, 0.717) is 6.04 Å². The van der Waals surface area contributed by atoms with E-state index in [0.717, 1.165) is 17.2 Å². The molecule has 1 atom stereocenters. The van der Waals surface area contributed by atoms with Gasteiger partial charge in [0.25, 0.3) is 0 Å². The maximum atomic E-state index is 5.78. The first-order chi connectivity index (χ1) is 9.78. The second kappa shape index (κ2) is 7.59. The van der Waals surface area contributed by atoms with Crippen molar-refractivity contribution in [2.45, 2.75) is 39.2 Å². The Balaban J connectivity index is 1.89. The van der Waals surface area contributed by atoms with Crippen LogP contribution in [-0.2, 0) is 0 Å². The lowest BCUT2D eigenvalue weighted by molar-refractivity contribution is 0.483. The lowest BCUT2D eigenvalue weighted by atomic mass is 10.1. The predicted molar refractivity (Wildman–Crippen MR) is 85.6 cm³/mol. The van der Waals surface area contributed by atoms with Gasteiger partial charge in [-0.25, -0.2) is 0 Å². The van der Waals surface area contributed by atoms with Crippen LogP contribution in [0.15, 0.2) is 54.6 Å². The lowest BCUT2D eigenvalue weighted by Gasteiger charge is -2.15. The van der Waals surface area contributed by atoms with Crippen molar-refractivity contribution in [2.24, 2.45) is 0 Å². The summed E-state index contributed by atoms with van der Waals surface area (Å²) in [6.45, 7) is 4.45. The monoisotopic (exact) mass is 269 g/mol. The minimum atomic E-state index is 0.510. The van der Waals surface area contributed by atoms with Crippen molar-refractivity contribution in [1.29, 1.82) is 0 Å². The van der Waals surface area contributed by atoms with Gasteiger partial charge in [-0.15, -0.1) is 0 Å². The van der Waals surface area contributed by atoms with Crippen molar-refractivity contribution in [3.63, 3.8) is 0 Å². The SMILES string of the molecule is CCCCC(C)Nc1ccc(Oc2ccccc2)cc1. The molecule has 0 aliphatic carbocycles. The summed E-state index contributed by atoms with van der Waals surface area (Å²) < 4.78 is 5.78. The summed E-state index contributed by atoms with van der Waals surface area (Å²) in [6, 6.07) is 18.5. The first-order valence-corrected chi connectivity index (χ1v) is 7.37. The molecule has 0 bridgehead atoms. The van der Waals surface area contributed by atoms with Crippen molar-refractivity contribution in [3.05, 3.63) is 54.6 Å². The summed E-state index contributed by atoms with van der Waals surface area (Å²) in [5, 5.41) is 3.51. The van der Waals surface area contributed by atoms with E-state index in [9.17, 15) is 0 Å². The molecule has 0 heterocycles. The molecule has 2 aromatic carbocycles. The summed E-state index contributed by atoms with van der Waals surface area (Å²) in [5.74, 6) is 1.73. The fourth-order valence-electron chi connectivity index (χ4n) is 2.11. The van der Waals surface area contributed by atoms with Crippen LogP contribution in [0, 0.1) is 0 Å². The van der Waals surface area contributed by atoms with Gasteiger partial charge in [-0.05, 0) is 49.7 Å². The normalized spacial score (nSPS) is 11.9.